The van der Waals surface area contributed by atoms with Crippen LogP contribution in [0.1, 0.15) is 32.1 Å². The van der Waals surface area contributed by atoms with Crippen LogP contribution in [0, 0.1) is 12.3 Å². The van der Waals surface area contributed by atoms with Gasteiger partial charge in [-0.25, -0.2) is 0 Å². The first-order valence-electron chi connectivity index (χ1n) is 6.18. The molecular formula is C15H20N2O. The number of aryl methyl sites for hydroxylation is 1. The van der Waals surface area contributed by atoms with E-state index in [9.17, 15) is 0 Å². The van der Waals surface area contributed by atoms with Gasteiger partial charge in [-0.2, -0.15) is 0 Å². The monoisotopic (exact) mass is 244 g/mol. The van der Waals surface area contributed by atoms with Gasteiger partial charge in [-0.1, -0.05) is 55.8 Å². The molecule has 3 nitrogen and oxygen atoms in total. The average Bonchev–Trinajstić information content (AvgIpc) is 2.59. The highest BCUT2D eigenvalue weighted by molar-refractivity contribution is 5.75. The molecule has 0 saturated heterocycles. The second kappa shape index (κ2) is 4.48. The third kappa shape index (κ3) is 2.73. The summed E-state index contributed by atoms with van der Waals surface area (Å²) in [7, 11) is 0. The van der Waals surface area contributed by atoms with Crippen molar-refractivity contribution in [1.82, 2.24) is 5.16 Å². The average molecular weight is 244 g/mol. The Labute approximate surface area is 108 Å². The maximum Gasteiger partial charge on any atom is 0.175 e. The predicted octanol–water partition coefficient (Wildman–Crippen LogP) is 3.82. The molecule has 0 saturated carbocycles. The minimum absolute atomic E-state index is 0.144. The molecule has 0 atom stereocenters. The van der Waals surface area contributed by atoms with E-state index in [1.54, 1.807) is 0 Å². The van der Waals surface area contributed by atoms with Crippen LogP contribution in [0.3, 0.4) is 0 Å². The standard InChI is InChI=1S/C15H20N2O/c1-10-5-7-11(8-6-10)13-12(9-15(2,3)4)18-17-14(13)16/h5-8H,9H2,1-4H3,(H2,16,17). The Bertz CT molecular complexity index is 533. The van der Waals surface area contributed by atoms with E-state index in [1.165, 1.54) is 5.56 Å². The Morgan fingerprint density at radius 1 is 1.17 bits per heavy atom. The van der Waals surface area contributed by atoms with E-state index in [1.807, 2.05) is 0 Å². The van der Waals surface area contributed by atoms with E-state index >= 15 is 0 Å². The minimum atomic E-state index is 0.144. The van der Waals surface area contributed by atoms with Gasteiger partial charge in [-0.05, 0) is 17.9 Å². The van der Waals surface area contributed by atoms with Crippen molar-refractivity contribution in [3.05, 3.63) is 35.6 Å². The van der Waals surface area contributed by atoms with E-state index < -0.39 is 0 Å². The number of nitrogen functional groups attached to an aromatic ring is 1. The Hall–Kier alpha value is -1.77. The summed E-state index contributed by atoms with van der Waals surface area (Å²) in [5.74, 6) is 1.34. The number of hydrogen-bond acceptors (Lipinski definition) is 3. The number of benzene rings is 1. The molecule has 2 rings (SSSR count). The fraction of sp³-hybridized carbons (Fsp3) is 0.400. The zero-order valence-corrected chi connectivity index (χ0v) is 11.4. The molecule has 1 heterocycles. The lowest BCUT2D eigenvalue weighted by Crippen LogP contribution is -2.09. The third-order valence-electron chi connectivity index (χ3n) is 2.82. The first-order chi connectivity index (χ1) is 8.37. The molecule has 0 aliphatic carbocycles. The molecule has 1 aromatic heterocycles. The molecule has 0 aliphatic rings. The molecule has 3 heteroatoms. The van der Waals surface area contributed by atoms with Crippen LogP contribution in [0.2, 0.25) is 0 Å². The Balaban J connectivity index is 2.43. The van der Waals surface area contributed by atoms with Gasteiger partial charge in [0.2, 0.25) is 0 Å². The lowest BCUT2D eigenvalue weighted by molar-refractivity contribution is 0.322. The summed E-state index contributed by atoms with van der Waals surface area (Å²) >= 11 is 0. The van der Waals surface area contributed by atoms with Crippen molar-refractivity contribution in [2.24, 2.45) is 5.41 Å². The second-order valence-corrected chi connectivity index (χ2v) is 5.97. The Morgan fingerprint density at radius 3 is 2.33 bits per heavy atom. The molecular weight excluding hydrogens is 224 g/mol. The van der Waals surface area contributed by atoms with Crippen LogP contribution in [0.4, 0.5) is 5.82 Å². The van der Waals surface area contributed by atoms with Crippen molar-refractivity contribution >= 4 is 5.82 Å². The van der Waals surface area contributed by atoms with Crippen molar-refractivity contribution < 1.29 is 4.52 Å². The maximum atomic E-state index is 5.93. The van der Waals surface area contributed by atoms with Crippen molar-refractivity contribution in [1.29, 1.82) is 0 Å². The van der Waals surface area contributed by atoms with Crippen LogP contribution in [0.15, 0.2) is 28.8 Å². The number of nitrogens with zero attached hydrogens (tertiary/aromatic N) is 1. The summed E-state index contributed by atoms with van der Waals surface area (Å²) in [6.45, 7) is 8.58. The molecule has 18 heavy (non-hydrogen) atoms. The summed E-state index contributed by atoms with van der Waals surface area (Å²) in [4.78, 5) is 0. The molecule has 1 aromatic carbocycles. The molecule has 2 aromatic rings. The molecule has 0 bridgehead atoms. The highest BCUT2D eigenvalue weighted by atomic mass is 16.5. The zero-order valence-electron chi connectivity index (χ0n) is 11.4. The second-order valence-electron chi connectivity index (χ2n) is 5.97. The molecule has 0 fully saturated rings. The highest BCUT2D eigenvalue weighted by Gasteiger charge is 2.21. The largest absolute Gasteiger partial charge is 0.380 e. The van der Waals surface area contributed by atoms with Crippen LogP contribution in [-0.2, 0) is 6.42 Å². The first kappa shape index (κ1) is 12.7. The van der Waals surface area contributed by atoms with Gasteiger partial charge >= 0.3 is 0 Å². The molecule has 96 valence electrons. The normalized spacial score (nSPS) is 11.8. The number of aromatic nitrogens is 1. The van der Waals surface area contributed by atoms with E-state index in [2.05, 4.69) is 57.1 Å². The zero-order chi connectivity index (χ0) is 13.3. The lowest BCUT2D eigenvalue weighted by atomic mass is 9.88. The minimum Gasteiger partial charge on any atom is -0.380 e. The Morgan fingerprint density at radius 2 is 1.78 bits per heavy atom. The van der Waals surface area contributed by atoms with Crippen LogP contribution in [-0.4, -0.2) is 5.16 Å². The summed E-state index contributed by atoms with van der Waals surface area (Å²) in [5.41, 5.74) is 9.30. The molecule has 0 amide bonds. The van der Waals surface area contributed by atoms with Gasteiger partial charge in [-0.3, -0.25) is 0 Å². The van der Waals surface area contributed by atoms with Gasteiger partial charge in [0.25, 0.3) is 0 Å². The molecule has 0 spiro atoms. The molecule has 0 radical (unpaired) electrons. The lowest BCUT2D eigenvalue weighted by Gasteiger charge is -2.16. The highest BCUT2D eigenvalue weighted by Crippen LogP contribution is 2.33. The number of rotatable bonds is 2. The SMILES string of the molecule is Cc1ccc(-c2c(N)noc2CC(C)(C)C)cc1. The van der Waals surface area contributed by atoms with Gasteiger partial charge in [-0.15, -0.1) is 0 Å². The van der Waals surface area contributed by atoms with Crippen LogP contribution < -0.4 is 5.73 Å². The van der Waals surface area contributed by atoms with Gasteiger partial charge in [0.1, 0.15) is 5.76 Å². The Kier molecular flexibility index (Phi) is 3.16. The van der Waals surface area contributed by atoms with Crippen molar-refractivity contribution in [3.8, 4) is 11.1 Å². The smallest absolute Gasteiger partial charge is 0.175 e. The van der Waals surface area contributed by atoms with Crippen LogP contribution >= 0.6 is 0 Å². The van der Waals surface area contributed by atoms with Gasteiger partial charge in [0.15, 0.2) is 5.82 Å². The summed E-state index contributed by atoms with van der Waals surface area (Å²) in [6, 6.07) is 8.26. The van der Waals surface area contributed by atoms with Gasteiger partial charge < -0.3 is 10.3 Å². The van der Waals surface area contributed by atoms with Crippen molar-refractivity contribution in [2.75, 3.05) is 5.73 Å². The van der Waals surface area contributed by atoms with E-state index in [4.69, 9.17) is 10.3 Å². The summed E-state index contributed by atoms with van der Waals surface area (Å²) < 4.78 is 5.38. The quantitative estimate of drug-likeness (QED) is 0.873. The molecule has 2 N–H and O–H groups in total. The third-order valence-corrected chi connectivity index (χ3v) is 2.82. The number of nitrogens with two attached hydrogens (primary N) is 1. The van der Waals surface area contributed by atoms with Gasteiger partial charge in [0.05, 0.1) is 5.56 Å². The van der Waals surface area contributed by atoms with Crippen molar-refractivity contribution in [3.63, 3.8) is 0 Å². The van der Waals surface area contributed by atoms with E-state index in [0.717, 1.165) is 23.3 Å². The van der Waals surface area contributed by atoms with E-state index in [-0.39, 0.29) is 5.41 Å². The fourth-order valence-corrected chi connectivity index (χ4v) is 1.97. The summed E-state index contributed by atoms with van der Waals surface area (Å²) in [6.07, 6.45) is 0.820. The molecule has 0 aliphatic heterocycles. The van der Waals surface area contributed by atoms with Crippen LogP contribution in [0.5, 0.6) is 0 Å². The summed E-state index contributed by atoms with van der Waals surface area (Å²) in [5, 5.41) is 3.90. The van der Waals surface area contributed by atoms with Crippen LogP contribution in [0.25, 0.3) is 11.1 Å². The number of hydrogen-bond donors (Lipinski definition) is 1. The maximum absolute atomic E-state index is 5.93. The van der Waals surface area contributed by atoms with E-state index in [0.29, 0.717) is 5.82 Å². The number of anilines is 1. The fourth-order valence-electron chi connectivity index (χ4n) is 1.97. The predicted molar refractivity (Wildman–Crippen MR) is 74.2 cm³/mol. The van der Waals surface area contributed by atoms with Crippen molar-refractivity contribution in [2.45, 2.75) is 34.1 Å². The molecule has 0 unspecified atom stereocenters. The van der Waals surface area contributed by atoms with Gasteiger partial charge in [0, 0.05) is 6.42 Å². The first-order valence-corrected chi connectivity index (χ1v) is 6.18. The topological polar surface area (TPSA) is 52.0 Å².